The Bertz CT molecular complexity index is 1050. The second-order valence-corrected chi connectivity index (χ2v) is 8.39. The van der Waals surface area contributed by atoms with Crippen LogP contribution in [0.25, 0.3) is 10.8 Å². The van der Waals surface area contributed by atoms with Crippen LogP contribution < -0.4 is 4.90 Å². The summed E-state index contributed by atoms with van der Waals surface area (Å²) in [6, 6.07) is 23.5. The molecule has 4 heteroatoms. The Labute approximate surface area is 171 Å². The SMILES string of the molecule is O=C(CO)N1CC2(CCN(Cc3ccc4ccccc4c3)CC2)c2ccccc21. The molecule has 1 amide bonds. The van der Waals surface area contributed by atoms with E-state index in [9.17, 15) is 9.90 Å². The molecule has 1 saturated heterocycles. The number of nitrogens with zero attached hydrogens (tertiary/aromatic N) is 2. The molecule has 5 rings (SSSR count). The fourth-order valence-electron chi connectivity index (χ4n) is 5.10. The molecule has 148 valence electrons. The quantitative estimate of drug-likeness (QED) is 0.746. The highest BCUT2D eigenvalue weighted by Crippen LogP contribution is 2.47. The van der Waals surface area contributed by atoms with Crippen LogP contribution in [0.3, 0.4) is 0 Å². The van der Waals surface area contributed by atoms with Crippen molar-refractivity contribution in [3.63, 3.8) is 0 Å². The van der Waals surface area contributed by atoms with E-state index in [4.69, 9.17) is 0 Å². The van der Waals surface area contributed by atoms with Crippen LogP contribution >= 0.6 is 0 Å². The average Bonchev–Trinajstić information content (AvgIpc) is 3.09. The van der Waals surface area contributed by atoms with Gasteiger partial charge in [0.25, 0.3) is 5.91 Å². The second-order valence-electron chi connectivity index (χ2n) is 8.39. The second kappa shape index (κ2) is 7.29. The molecule has 0 atom stereocenters. The minimum Gasteiger partial charge on any atom is -0.387 e. The molecule has 3 aromatic rings. The topological polar surface area (TPSA) is 43.8 Å². The van der Waals surface area contributed by atoms with E-state index in [1.165, 1.54) is 21.9 Å². The lowest BCUT2D eigenvalue weighted by Crippen LogP contribution is -2.46. The molecule has 1 fully saturated rings. The largest absolute Gasteiger partial charge is 0.387 e. The summed E-state index contributed by atoms with van der Waals surface area (Å²) in [6.07, 6.45) is 2.07. The minimum atomic E-state index is -0.432. The molecule has 4 nitrogen and oxygen atoms in total. The summed E-state index contributed by atoms with van der Waals surface area (Å²) in [5, 5.41) is 12.0. The monoisotopic (exact) mass is 386 g/mol. The zero-order valence-electron chi connectivity index (χ0n) is 16.6. The summed E-state index contributed by atoms with van der Waals surface area (Å²) in [5.74, 6) is -0.201. The highest BCUT2D eigenvalue weighted by Gasteiger charge is 2.45. The van der Waals surface area contributed by atoms with E-state index >= 15 is 0 Å². The Morgan fingerprint density at radius 2 is 1.66 bits per heavy atom. The molecular formula is C25H26N2O2. The van der Waals surface area contributed by atoms with Crippen molar-refractivity contribution < 1.29 is 9.90 Å². The van der Waals surface area contributed by atoms with Gasteiger partial charge in [0, 0.05) is 24.2 Å². The summed E-state index contributed by atoms with van der Waals surface area (Å²) < 4.78 is 0. The predicted octanol–water partition coefficient (Wildman–Crippen LogP) is 3.71. The van der Waals surface area contributed by atoms with E-state index in [2.05, 4.69) is 59.5 Å². The molecule has 2 aliphatic heterocycles. The Kier molecular flexibility index (Phi) is 4.61. The number of benzene rings is 3. The van der Waals surface area contributed by atoms with Crippen LogP contribution in [-0.2, 0) is 16.8 Å². The van der Waals surface area contributed by atoms with E-state index in [0.717, 1.165) is 38.2 Å². The zero-order valence-corrected chi connectivity index (χ0v) is 16.6. The van der Waals surface area contributed by atoms with Crippen molar-refractivity contribution in [3.8, 4) is 0 Å². The molecular weight excluding hydrogens is 360 g/mol. The number of anilines is 1. The number of hydrogen-bond donors (Lipinski definition) is 1. The first-order chi connectivity index (χ1) is 14.2. The lowest BCUT2D eigenvalue weighted by Gasteiger charge is -2.40. The first-order valence-electron chi connectivity index (χ1n) is 10.4. The molecule has 29 heavy (non-hydrogen) atoms. The van der Waals surface area contributed by atoms with Gasteiger partial charge < -0.3 is 10.0 Å². The van der Waals surface area contributed by atoms with Crippen molar-refractivity contribution >= 4 is 22.4 Å². The first kappa shape index (κ1) is 18.3. The van der Waals surface area contributed by atoms with E-state index in [1.54, 1.807) is 4.90 Å². The van der Waals surface area contributed by atoms with Gasteiger partial charge in [-0.25, -0.2) is 0 Å². The first-order valence-corrected chi connectivity index (χ1v) is 10.4. The van der Waals surface area contributed by atoms with Crippen molar-refractivity contribution in [3.05, 3.63) is 77.9 Å². The highest BCUT2D eigenvalue weighted by atomic mass is 16.3. The third-order valence-electron chi connectivity index (χ3n) is 6.70. The Morgan fingerprint density at radius 1 is 0.931 bits per heavy atom. The maximum absolute atomic E-state index is 12.3. The Morgan fingerprint density at radius 3 is 2.45 bits per heavy atom. The van der Waals surface area contributed by atoms with Gasteiger partial charge in [-0.3, -0.25) is 9.69 Å². The number of amides is 1. The number of hydrogen-bond acceptors (Lipinski definition) is 3. The third-order valence-corrected chi connectivity index (χ3v) is 6.70. The lowest BCUT2D eigenvalue weighted by atomic mass is 9.74. The predicted molar refractivity (Wildman–Crippen MR) is 116 cm³/mol. The number of fused-ring (bicyclic) bond motifs is 3. The van der Waals surface area contributed by atoms with Gasteiger partial charge in [-0.2, -0.15) is 0 Å². The smallest absolute Gasteiger partial charge is 0.252 e. The fourth-order valence-corrected chi connectivity index (χ4v) is 5.10. The van der Waals surface area contributed by atoms with Crippen LogP contribution in [0, 0.1) is 0 Å². The molecule has 1 spiro atoms. The molecule has 0 aliphatic carbocycles. The number of rotatable bonds is 3. The molecule has 1 N–H and O–H groups in total. The molecule has 0 unspecified atom stereocenters. The molecule has 0 aromatic heterocycles. The summed E-state index contributed by atoms with van der Waals surface area (Å²) in [4.78, 5) is 16.6. The number of para-hydroxylation sites is 1. The number of aliphatic hydroxyl groups excluding tert-OH is 1. The van der Waals surface area contributed by atoms with E-state index < -0.39 is 6.61 Å². The van der Waals surface area contributed by atoms with Crippen LogP contribution in [0.5, 0.6) is 0 Å². The van der Waals surface area contributed by atoms with Gasteiger partial charge in [0.15, 0.2) is 0 Å². The van der Waals surface area contributed by atoms with E-state index in [0.29, 0.717) is 6.54 Å². The van der Waals surface area contributed by atoms with E-state index in [1.807, 2.05) is 12.1 Å². The van der Waals surface area contributed by atoms with Gasteiger partial charge >= 0.3 is 0 Å². The molecule has 0 saturated carbocycles. The number of carbonyl (C=O) groups is 1. The summed E-state index contributed by atoms with van der Waals surface area (Å²) in [6.45, 7) is 3.25. The van der Waals surface area contributed by atoms with Crippen LogP contribution in [0.4, 0.5) is 5.69 Å². The number of piperidine rings is 1. The number of aliphatic hydroxyl groups is 1. The average molecular weight is 386 g/mol. The summed E-state index contributed by atoms with van der Waals surface area (Å²) in [7, 11) is 0. The minimum absolute atomic E-state index is 0.0152. The fraction of sp³-hybridized carbons (Fsp3) is 0.320. The summed E-state index contributed by atoms with van der Waals surface area (Å²) >= 11 is 0. The normalized spacial score (nSPS) is 18.3. The van der Waals surface area contributed by atoms with Crippen molar-refractivity contribution in [2.45, 2.75) is 24.8 Å². The standard InChI is InChI=1S/C25H26N2O2/c28-17-24(29)27-18-25(22-7-3-4-8-23(22)27)11-13-26(14-12-25)16-19-9-10-20-5-1-2-6-21(20)15-19/h1-10,15,28H,11-14,16-18H2. The van der Waals surface area contributed by atoms with Crippen molar-refractivity contribution in [2.75, 3.05) is 31.1 Å². The maximum atomic E-state index is 12.3. The molecule has 3 aromatic carbocycles. The van der Waals surface area contributed by atoms with Crippen LogP contribution in [-0.4, -0.2) is 42.2 Å². The van der Waals surface area contributed by atoms with Gasteiger partial charge in [0.2, 0.25) is 0 Å². The summed E-state index contributed by atoms with van der Waals surface area (Å²) in [5.41, 5.74) is 3.62. The van der Waals surface area contributed by atoms with Gasteiger partial charge in [-0.1, -0.05) is 54.6 Å². The van der Waals surface area contributed by atoms with Gasteiger partial charge in [-0.05, 0) is 60.0 Å². The van der Waals surface area contributed by atoms with Crippen molar-refractivity contribution in [2.24, 2.45) is 0 Å². The molecule has 0 bridgehead atoms. The number of likely N-dealkylation sites (tertiary alicyclic amines) is 1. The number of carbonyl (C=O) groups excluding carboxylic acids is 1. The highest BCUT2D eigenvalue weighted by molar-refractivity contribution is 5.97. The van der Waals surface area contributed by atoms with Crippen molar-refractivity contribution in [1.29, 1.82) is 0 Å². The maximum Gasteiger partial charge on any atom is 0.252 e. The third kappa shape index (κ3) is 3.22. The van der Waals surface area contributed by atoms with E-state index in [-0.39, 0.29) is 11.3 Å². The Balaban J connectivity index is 1.32. The zero-order chi connectivity index (χ0) is 19.8. The Hall–Kier alpha value is -2.69. The van der Waals surface area contributed by atoms with Crippen LogP contribution in [0.15, 0.2) is 66.7 Å². The molecule has 2 heterocycles. The van der Waals surface area contributed by atoms with Gasteiger partial charge in [0.1, 0.15) is 6.61 Å². The van der Waals surface area contributed by atoms with Crippen LogP contribution in [0.1, 0.15) is 24.0 Å². The lowest BCUT2D eigenvalue weighted by molar-refractivity contribution is -0.121. The van der Waals surface area contributed by atoms with Crippen LogP contribution in [0.2, 0.25) is 0 Å². The van der Waals surface area contributed by atoms with Gasteiger partial charge in [0.05, 0.1) is 0 Å². The van der Waals surface area contributed by atoms with Crippen molar-refractivity contribution in [1.82, 2.24) is 4.90 Å². The molecule has 0 radical (unpaired) electrons. The van der Waals surface area contributed by atoms with Gasteiger partial charge in [-0.15, -0.1) is 0 Å². The molecule has 2 aliphatic rings.